The molecule has 0 bridgehead atoms. The predicted octanol–water partition coefficient (Wildman–Crippen LogP) is 6.65. The Morgan fingerprint density at radius 1 is 0.757 bits per heavy atom. The molecule has 0 saturated heterocycles. The molecule has 0 unspecified atom stereocenters. The number of aryl methyl sites for hydroxylation is 1. The molecule has 6 nitrogen and oxygen atoms in total. The number of benzene rings is 1. The van der Waals surface area contributed by atoms with Gasteiger partial charge in [-0.1, -0.05) is 77.7 Å². The molecule has 0 radical (unpaired) electrons. The fraction of sp³-hybridized carbons (Fsp3) is 0.633. The summed E-state index contributed by atoms with van der Waals surface area (Å²) in [5.41, 5.74) is 1.83. The number of pyridine rings is 1. The van der Waals surface area contributed by atoms with Crippen LogP contribution in [0.2, 0.25) is 0 Å². The summed E-state index contributed by atoms with van der Waals surface area (Å²) in [6.07, 6.45) is 19.2. The zero-order valence-electron chi connectivity index (χ0n) is 23.6. The highest BCUT2D eigenvalue weighted by molar-refractivity contribution is 7.88. The van der Waals surface area contributed by atoms with Gasteiger partial charge in [0.1, 0.15) is 6.54 Å². The minimum atomic E-state index is -3.39. The average Bonchev–Trinajstić information content (AvgIpc) is 2.88. The SMILES string of the molecule is CCCCCCCCCCCCOc1ccc(CN(Cc2cc[n+](CCC)cc2)S(C)(=O)=O)cc1OC. The lowest BCUT2D eigenvalue weighted by Crippen LogP contribution is -2.33. The molecule has 1 aromatic carbocycles. The number of ether oxygens (including phenoxy) is 2. The highest BCUT2D eigenvalue weighted by atomic mass is 32.2. The van der Waals surface area contributed by atoms with Crippen molar-refractivity contribution in [2.75, 3.05) is 20.0 Å². The van der Waals surface area contributed by atoms with Gasteiger partial charge >= 0.3 is 0 Å². The minimum Gasteiger partial charge on any atom is -0.493 e. The molecule has 2 rings (SSSR count). The number of hydrogen-bond acceptors (Lipinski definition) is 4. The van der Waals surface area contributed by atoms with Crippen molar-refractivity contribution >= 4 is 10.0 Å². The van der Waals surface area contributed by atoms with Crippen molar-refractivity contribution in [3.63, 3.8) is 0 Å². The lowest BCUT2D eigenvalue weighted by atomic mass is 10.1. The van der Waals surface area contributed by atoms with E-state index in [0.717, 1.165) is 30.5 Å². The minimum absolute atomic E-state index is 0.276. The monoisotopic (exact) mass is 533 g/mol. The first-order valence-electron chi connectivity index (χ1n) is 14.1. The van der Waals surface area contributed by atoms with Crippen molar-refractivity contribution < 1.29 is 22.5 Å². The standard InChI is InChI=1S/C30H49N2O4S/c1-5-7-8-9-10-11-12-13-14-15-23-36-29-17-16-28(24-30(29)35-3)26-32(37(4,33)34)25-27-18-21-31(20-6-2)22-19-27/h16-19,21-22,24H,5-15,20,23,25-26H2,1-4H3/q+1. The van der Waals surface area contributed by atoms with Gasteiger partial charge in [-0.2, -0.15) is 4.31 Å². The molecular weight excluding hydrogens is 484 g/mol. The van der Waals surface area contributed by atoms with Crippen LogP contribution in [0.25, 0.3) is 0 Å². The zero-order valence-corrected chi connectivity index (χ0v) is 24.4. The van der Waals surface area contributed by atoms with Crippen LogP contribution in [0.5, 0.6) is 11.5 Å². The fourth-order valence-electron chi connectivity index (χ4n) is 4.40. The van der Waals surface area contributed by atoms with E-state index in [4.69, 9.17) is 9.47 Å². The molecule has 0 fully saturated rings. The van der Waals surface area contributed by atoms with Gasteiger partial charge in [0.25, 0.3) is 0 Å². The maximum atomic E-state index is 12.5. The van der Waals surface area contributed by atoms with Crippen molar-refractivity contribution in [3.05, 3.63) is 53.9 Å². The molecule has 0 aliphatic carbocycles. The van der Waals surface area contributed by atoms with E-state index in [9.17, 15) is 8.42 Å². The maximum Gasteiger partial charge on any atom is 0.211 e. The Hall–Kier alpha value is -2.12. The lowest BCUT2D eigenvalue weighted by Gasteiger charge is -2.21. The number of rotatable bonds is 20. The molecule has 1 heterocycles. The average molecular weight is 534 g/mol. The van der Waals surface area contributed by atoms with Crippen LogP contribution in [0.4, 0.5) is 0 Å². The molecule has 208 valence electrons. The summed E-state index contributed by atoms with van der Waals surface area (Å²) in [6, 6.07) is 9.67. The number of aromatic nitrogens is 1. The van der Waals surface area contributed by atoms with Crippen LogP contribution >= 0.6 is 0 Å². The van der Waals surface area contributed by atoms with E-state index < -0.39 is 10.0 Å². The zero-order chi connectivity index (χ0) is 26.9. The summed E-state index contributed by atoms with van der Waals surface area (Å²) in [7, 11) is -1.77. The lowest BCUT2D eigenvalue weighted by molar-refractivity contribution is -0.697. The third kappa shape index (κ3) is 12.3. The van der Waals surface area contributed by atoms with Gasteiger partial charge < -0.3 is 9.47 Å². The first-order valence-corrected chi connectivity index (χ1v) is 15.9. The van der Waals surface area contributed by atoms with Crippen LogP contribution in [0.3, 0.4) is 0 Å². The summed E-state index contributed by atoms with van der Waals surface area (Å²) in [5.74, 6) is 1.34. The smallest absolute Gasteiger partial charge is 0.211 e. The molecule has 0 aliphatic rings. The van der Waals surface area contributed by atoms with E-state index >= 15 is 0 Å². The first kappa shape index (κ1) is 31.1. The van der Waals surface area contributed by atoms with E-state index in [-0.39, 0.29) is 6.54 Å². The first-order chi connectivity index (χ1) is 17.9. The Balaban J connectivity index is 1.84. The Labute approximate surface area is 226 Å². The molecule has 0 spiro atoms. The van der Waals surface area contributed by atoms with E-state index in [2.05, 4.69) is 18.4 Å². The second-order valence-electron chi connectivity index (χ2n) is 9.99. The molecule has 2 aromatic rings. The van der Waals surface area contributed by atoms with Crippen LogP contribution in [0.1, 0.15) is 95.6 Å². The van der Waals surface area contributed by atoms with Crippen LogP contribution in [0.15, 0.2) is 42.7 Å². The molecular formula is C30H49N2O4S+. The third-order valence-electron chi connectivity index (χ3n) is 6.61. The second-order valence-corrected chi connectivity index (χ2v) is 12.0. The predicted molar refractivity (Wildman–Crippen MR) is 151 cm³/mol. The van der Waals surface area contributed by atoms with Gasteiger partial charge in [-0.25, -0.2) is 13.0 Å². The van der Waals surface area contributed by atoms with Crippen LogP contribution in [-0.4, -0.2) is 32.7 Å². The van der Waals surface area contributed by atoms with Crippen LogP contribution < -0.4 is 14.0 Å². The van der Waals surface area contributed by atoms with Gasteiger partial charge in [0.15, 0.2) is 23.9 Å². The number of unbranched alkanes of at least 4 members (excludes halogenated alkanes) is 9. The number of hydrogen-bond donors (Lipinski definition) is 0. The molecule has 0 amide bonds. The number of methoxy groups -OCH3 is 1. The summed E-state index contributed by atoms with van der Waals surface area (Å²) >= 11 is 0. The van der Waals surface area contributed by atoms with Crippen molar-refractivity contribution in [3.8, 4) is 11.5 Å². The summed E-state index contributed by atoms with van der Waals surface area (Å²) in [6.45, 7) is 6.60. The van der Waals surface area contributed by atoms with E-state index in [1.54, 1.807) is 7.11 Å². The highest BCUT2D eigenvalue weighted by Crippen LogP contribution is 2.29. The highest BCUT2D eigenvalue weighted by Gasteiger charge is 2.19. The van der Waals surface area contributed by atoms with Gasteiger partial charge in [-0.3, -0.25) is 0 Å². The van der Waals surface area contributed by atoms with Gasteiger partial charge in [-0.15, -0.1) is 0 Å². The Bertz CT molecular complexity index is 993. The van der Waals surface area contributed by atoms with Gasteiger partial charge in [0, 0.05) is 31.6 Å². The molecule has 1 aromatic heterocycles. The van der Waals surface area contributed by atoms with Crippen LogP contribution in [0, 0.1) is 0 Å². The van der Waals surface area contributed by atoms with Gasteiger partial charge in [0.05, 0.1) is 20.0 Å². The Morgan fingerprint density at radius 2 is 1.35 bits per heavy atom. The van der Waals surface area contributed by atoms with E-state index in [1.807, 2.05) is 42.7 Å². The van der Waals surface area contributed by atoms with Gasteiger partial charge in [0.2, 0.25) is 10.0 Å². The molecule has 7 heteroatoms. The topological polar surface area (TPSA) is 59.7 Å². The molecule has 0 atom stereocenters. The fourth-order valence-corrected chi connectivity index (χ4v) is 5.17. The summed E-state index contributed by atoms with van der Waals surface area (Å²) < 4.78 is 40.2. The van der Waals surface area contributed by atoms with Crippen LogP contribution in [-0.2, 0) is 29.7 Å². The molecule has 0 N–H and O–H groups in total. The van der Waals surface area contributed by atoms with E-state index in [1.165, 1.54) is 68.3 Å². The second kappa shape index (κ2) is 17.4. The normalized spacial score (nSPS) is 11.7. The number of sulfonamides is 1. The van der Waals surface area contributed by atoms with Gasteiger partial charge in [-0.05, 0) is 29.7 Å². The van der Waals surface area contributed by atoms with E-state index in [0.29, 0.717) is 24.7 Å². The molecule has 0 aliphatic heterocycles. The van der Waals surface area contributed by atoms with Crippen molar-refractivity contribution in [2.45, 2.75) is 104 Å². The van der Waals surface area contributed by atoms with Crippen molar-refractivity contribution in [1.82, 2.24) is 4.31 Å². The van der Waals surface area contributed by atoms with Crippen molar-refractivity contribution in [1.29, 1.82) is 0 Å². The maximum absolute atomic E-state index is 12.5. The Morgan fingerprint density at radius 3 is 1.92 bits per heavy atom. The Kier molecular flexibility index (Phi) is 14.6. The quantitative estimate of drug-likeness (QED) is 0.141. The largest absolute Gasteiger partial charge is 0.493 e. The molecule has 37 heavy (non-hydrogen) atoms. The third-order valence-corrected chi connectivity index (χ3v) is 7.81. The van der Waals surface area contributed by atoms with Crippen molar-refractivity contribution in [2.24, 2.45) is 0 Å². The number of nitrogens with zero attached hydrogens (tertiary/aromatic N) is 2. The summed E-state index contributed by atoms with van der Waals surface area (Å²) in [5, 5.41) is 0. The molecule has 0 saturated carbocycles. The summed E-state index contributed by atoms with van der Waals surface area (Å²) in [4.78, 5) is 0.